The third-order valence-electron chi connectivity index (χ3n) is 4.55. The first-order chi connectivity index (χ1) is 9.44. The molecule has 3 saturated heterocycles. The molecule has 4 aliphatic rings. The van der Waals surface area contributed by atoms with Crippen molar-refractivity contribution in [3.05, 3.63) is 0 Å². The molecule has 6 heteroatoms. The Morgan fingerprint density at radius 2 is 1.85 bits per heavy atom. The minimum absolute atomic E-state index is 0.110. The van der Waals surface area contributed by atoms with Crippen molar-refractivity contribution in [2.24, 2.45) is 0 Å². The van der Waals surface area contributed by atoms with E-state index in [1.807, 2.05) is 0 Å². The number of Topliss-reactive ketones (excluding diaryl/α,β-unsaturated/α-hetero) is 1. The van der Waals surface area contributed by atoms with Gasteiger partial charge in [-0.3, -0.25) is 4.79 Å². The summed E-state index contributed by atoms with van der Waals surface area (Å²) in [4.78, 5) is 12.7. The quantitative estimate of drug-likeness (QED) is 0.664. The Morgan fingerprint density at radius 1 is 1.10 bits per heavy atom. The fraction of sp³-hybridized carbons (Fsp3) is 0.929. The predicted molar refractivity (Wildman–Crippen MR) is 65.8 cm³/mol. The monoisotopic (exact) mass is 284 g/mol. The van der Waals surface area contributed by atoms with Gasteiger partial charge in [0.2, 0.25) is 5.78 Å². The first kappa shape index (κ1) is 13.2. The van der Waals surface area contributed by atoms with Crippen LogP contribution >= 0.6 is 0 Å². The molecule has 4 rings (SSSR count). The average molecular weight is 284 g/mol. The summed E-state index contributed by atoms with van der Waals surface area (Å²) in [6.07, 6.45) is 2.93. The van der Waals surface area contributed by atoms with E-state index >= 15 is 0 Å². The van der Waals surface area contributed by atoms with Crippen molar-refractivity contribution < 1.29 is 28.5 Å². The molecular weight excluding hydrogens is 264 g/mol. The van der Waals surface area contributed by atoms with Gasteiger partial charge < -0.3 is 23.7 Å². The van der Waals surface area contributed by atoms with Gasteiger partial charge in [-0.05, 0) is 26.7 Å². The van der Waals surface area contributed by atoms with Crippen LogP contribution in [0.25, 0.3) is 0 Å². The van der Waals surface area contributed by atoms with Crippen molar-refractivity contribution in [3.8, 4) is 0 Å². The molecule has 1 saturated carbocycles. The Hall–Kier alpha value is -0.530. The minimum atomic E-state index is -1.32. The van der Waals surface area contributed by atoms with E-state index in [4.69, 9.17) is 23.7 Å². The van der Waals surface area contributed by atoms with Crippen molar-refractivity contribution in [1.29, 1.82) is 0 Å². The summed E-state index contributed by atoms with van der Waals surface area (Å²) in [5.41, 5.74) is 0. The predicted octanol–water partition coefficient (Wildman–Crippen LogP) is 1.12. The molecule has 0 aromatic rings. The zero-order valence-corrected chi connectivity index (χ0v) is 11.8. The van der Waals surface area contributed by atoms with Gasteiger partial charge in [0, 0.05) is 12.8 Å². The lowest BCUT2D eigenvalue weighted by Gasteiger charge is -2.35. The molecule has 3 aliphatic heterocycles. The largest absolute Gasteiger partial charge is 0.344 e. The van der Waals surface area contributed by atoms with Crippen LogP contribution in [0, 0.1) is 0 Å². The van der Waals surface area contributed by atoms with E-state index in [0.717, 1.165) is 25.7 Å². The summed E-state index contributed by atoms with van der Waals surface area (Å²) in [6.45, 7) is 3.96. The normalized spacial score (nSPS) is 45.4. The van der Waals surface area contributed by atoms with Gasteiger partial charge in [-0.25, -0.2) is 0 Å². The maximum Gasteiger partial charge on any atom is 0.258 e. The SMILES string of the molecule is CC1(C)OC[C@]2(OC[C@H]3OC4(CCCC4)O[C@H]3C2=O)O1. The lowest BCUT2D eigenvalue weighted by atomic mass is 9.99. The maximum atomic E-state index is 12.7. The molecule has 6 nitrogen and oxygen atoms in total. The van der Waals surface area contributed by atoms with Gasteiger partial charge in [0.05, 0.1) is 6.61 Å². The highest BCUT2D eigenvalue weighted by atomic mass is 16.8. The van der Waals surface area contributed by atoms with Gasteiger partial charge in [0.15, 0.2) is 17.7 Å². The number of ketones is 1. The fourth-order valence-electron chi connectivity index (χ4n) is 3.59. The molecule has 2 spiro atoms. The van der Waals surface area contributed by atoms with E-state index in [2.05, 4.69) is 0 Å². The molecule has 1 aliphatic carbocycles. The minimum Gasteiger partial charge on any atom is -0.344 e. The molecular formula is C14H20O6. The number of fused-ring (bicyclic) bond motifs is 1. The molecule has 3 atom stereocenters. The number of hydrogen-bond acceptors (Lipinski definition) is 6. The van der Waals surface area contributed by atoms with E-state index in [9.17, 15) is 4.79 Å². The van der Waals surface area contributed by atoms with Gasteiger partial charge in [-0.2, -0.15) is 0 Å². The third kappa shape index (κ3) is 1.79. The molecule has 0 amide bonds. The first-order valence-electron chi connectivity index (χ1n) is 7.32. The van der Waals surface area contributed by atoms with Crippen molar-refractivity contribution in [3.63, 3.8) is 0 Å². The van der Waals surface area contributed by atoms with Gasteiger partial charge in [0.25, 0.3) is 5.79 Å². The molecule has 0 bridgehead atoms. The van der Waals surface area contributed by atoms with Gasteiger partial charge >= 0.3 is 0 Å². The highest BCUT2D eigenvalue weighted by Gasteiger charge is 2.63. The zero-order chi connectivity index (χ0) is 14.0. The van der Waals surface area contributed by atoms with Gasteiger partial charge in [-0.1, -0.05) is 0 Å². The van der Waals surface area contributed by atoms with Gasteiger partial charge in [-0.15, -0.1) is 0 Å². The van der Waals surface area contributed by atoms with Crippen LogP contribution < -0.4 is 0 Å². The van der Waals surface area contributed by atoms with Crippen LogP contribution in [0.2, 0.25) is 0 Å². The number of carbonyl (C=O) groups is 1. The summed E-state index contributed by atoms with van der Waals surface area (Å²) < 4.78 is 28.9. The zero-order valence-electron chi connectivity index (χ0n) is 11.8. The molecule has 112 valence electrons. The molecule has 0 aromatic heterocycles. The molecule has 0 N–H and O–H groups in total. The number of ether oxygens (including phenoxy) is 5. The lowest BCUT2D eigenvalue weighted by molar-refractivity contribution is -0.263. The number of carbonyl (C=O) groups excluding carboxylic acids is 1. The highest BCUT2D eigenvalue weighted by Crippen LogP contribution is 2.46. The summed E-state index contributed by atoms with van der Waals surface area (Å²) in [5, 5.41) is 0. The number of rotatable bonds is 0. The summed E-state index contributed by atoms with van der Waals surface area (Å²) in [5.74, 6) is -2.91. The fourth-order valence-corrected chi connectivity index (χ4v) is 3.59. The van der Waals surface area contributed by atoms with E-state index in [1.54, 1.807) is 13.8 Å². The Balaban J connectivity index is 1.57. The van der Waals surface area contributed by atoms with Crippen LogP contribution in [0.5, 0.6) is 0 Å². The van der Waals surface area contributed by atoms with Crippen molar-refractivity contribution in [2.45, 2.75) is 69.1 Å². The van der Waals surface area contributed by atoms with Crippen LogP contribution in [0.4, 0.5) is 0 Å². The molecule has 0 radical (unpaired) electrons. The van der Waals surface area contributed by atoms with E-state index < -0.39 is 23.5 Å². The lowest BCUT2D eigenvalue weighted by Crippen LogP contribution is -2.58. The van der Waals surface area contributed by atoms with Crippen molar-refractivity contribution in [1.82, 2.24) is 0 Å². The second kappa shape index (κ2) is 4.01. The van der Waals surface area contributed by atoms with Crippen LogP contribution in [-0.2, 0) is 28.5 Å². The first-order valence-corrected chi connectivity index (χ1v) is 7.32. The van der Waals surface area contributed by atoms with Gasteiger partial charge in [0.1, 0.15) is 12.7 Å². The van der Waals surface area contributed by atoms with E-state index in [-0.39, 0.29) is 18.5 Å². The third-order valence-corrected chi connectivity index (χ3v) is 4.55. The molecule has 0 unspecified atom stereocenters. The second-order valence-corrected chi connectivity index (χ2v) is 6.53. The Morgan fingerprint density at radius 3 is 2.50 bits per heavy atom. The topological polar surface area (TPSA) is 63.2 Å². The Bertz CT molecular complexity index is 441. The highest BCUT2D eigenvalue weighted by molar-refractivity contribution is 5.92. The standard InChI is InChI=1S/C14H20O6/c1-12(2)17-8-14(20-12)11(15)10-9(7-16-14)18-13(19-10)5-3-4-6-13/h9-10H,3-8H2,1-2H3/t9-,10-,14+/m1/s1. The van der Waals surface area contributed by atoms with Crippen molar-refractivity contribution >= 4 is 5.78 Å². The molecule has 0 aromatic carbocycles. The van der Waals surface area contributed by atoms with Crippen LogP contribution in [0.1, 0.15) is 39.5 Å². The maximum absolute atomic E-state index is 12.7. The molecule has 4 fully saturated rings. The Kier molecular flexibility index (Phi) is 2.64. The summed E-state index contributed by atoms with van der Waals surface area (Å²) >= 11 is 0. The van der Waals surface area contributed by atoms with E-state index in [0.29, 0.717) is 6.61 Å². The smallest absolute Gasteiger partial charge is 0.258 e. The van der Waals surface area contributed by atoms with Crippen LogP contribution in [0.3, 0.4) is 0 Å². The van der Waals surface area contributed by atoms with E-state index in [1.165, 1.54) is 0 Å². The Labute approximate surface area is 117 Å². The van der Waals surface area contributed by atoms with Crippen LogP contribution in [-0.4, -0.2) is 48.6 Å². The second-order valence-electron chi connectivity index (χ2n) is 6.53. The average Bonchev–Trinajstić information content (AvgIpc) is 3.06. The summed E-state index contributed by atoms with van der Waals surface area (Å²) in [6, 6.07) is 0. The summed E-state index contributed by atoms with van der Waals surface area (Å²) in [7, 11) is 0. The molecule has 20 heavy (non-hydrogen) atoms. The van der Waals surface area contributed by atoms with Crippen LogP contribution in [0.15, 0.2) is 0 Å². The molecule has 3 heterocycles. The van der Waals surface area contributed by atoms with Crippen molar-refractivity contribution in [2.75, 3.05) is 13.2 Å². The number of hydrogen-bond donors (Lipinski definition) is 0.